The van der Waals surface area contributed by atoms with Crippen LogP contribution in [0, 0.1) is 12.8 Å². The molecule has 1 heterocycles. The van der Waals surface area contributed by atoms with E-state index in [2.05, 4.69) is 22.2 Å². The van der Waals surface area contributed by atoms with Crippen molar-refractivity contribution in [3.63, 3.8) is 0 Å². The van der Waals surface area contributed by atoms with E-state index in [1.54, 1.807) is 20.4 Å². The Morgan fingerprint density at radius 1 is 1.35 bits per heavy atom. The molecule has 0 bridgehead atoms. The molecule has 0 saturated carbocycles. The standard InChI is InChI=1S/C14H18ClN3O2/c1-8-7-16-14(15)18-13(8)17-10-5-11(19-3)9(2)12(6-10)20-4/h5-7,9,11H,1-4H3,(H,16,17,18). The van der Waals surface area contributed by atoms with Crippen molar-refractivity contribution < 1.29 is 9.47 Å². The lowest BCUT2D eigenvalue weighted by Gasteiger charge is -2.27. The van der Waals surface area contributed by atoms with Crippen molar-refractivity contribution in [3.05, 3.63) is 40.7 Å². The van der Waals surface area contributed by atoms with Gasteiger partial charge in [0, 0.05) is 30.5 Å². The van der Waals surface area contributed by atoms with Gasteiger partial charge in [-0.25, -0.2) is 9.97 Å². The van der Waals surface area contributed by atoms with Crippen LogP contribution in [0.2, 0.25) is 5.28 Å². The molecule has 0 radical (unpaired) electrons. The minimum absolute atomic E-state index is 0.0462. The molecule has 5 nitrogen and oxygen atoms in total. The average molecular weight is 296 g/mol. The topological polar surface area (TPSA) is 56.3 Å². The van der Waals surface area contributed by atoms with E-state index in [1.165, 1.54) is 0 Å². The fourth-order valence-corrected chi connectivity index (χ4v) is 2.23. The molecule has 0 spiro atoms. The number of methoxy groups -OCH3 is 2. The van der Waals surface area contributed by atoms with Gasteiger partial charge in [-0.05, 0) is 30.7 Å². The summed E-state index contributed by atoms with van der Waals surface area (Å²) in [6.45, 7) is 3.98. The first-order valence-electron chi connectivity index (χ1n) is 6.31. The average Bonchev–Trinajstić information content (AvgIpc) is 2.44. The zero-order valence-corrected chi connectivity index (χ0v) is 12.7. The Morgan fingerprint density at radius 3 is 2.75 bits per heavy atom. The Labute approximate surface area is 123 Å². The summed E-state index contributed by atoms with van der Waals surface area (Å²) in [6, 6.07) is 0. The van der Waals surface area contributed by atoms with Gasteiger partial charge in [-0.3, -0.25) is 0 Å². The molecule has 1 aliphatic rings. The number of nitrogens with zero attached hydrogens (tertiary/aromatic N) is 2. The van der Waals surface area contributed by atoms with E-state index in [-0.39, 0.29) is 17.3 Å². The number of hydrogen-bond donors (Lipinski definition) is 1. The van der Waals surface area contributed by atoms with Gasteiger partial charge in [0.1, 0.15) is 11.6 Å². The number of hydrogen-bond acceptors (Lipinski definition) is 5. The van der Waals surface area contributed by atoms with E-state index in [1.807, 2.05) is 19.1 Å². The normalized spacial score (nSPS) is 22.1. The van der Waals surface area contributed by atoms with Crippen LogP contribution in [0.4, 0.5) is 5.82 Å². The first kappa shape index (κ1) is 14.8. The molecule has 1 aromatic rings. The number of nitrogens with one attached hydrogen (secondary N) is 1. The lowest BCUT2D eigenvalue weighted by molar-refractivity contribution is 0.0812. The Bertz CT molecular complexity index is 557. The highest BCUT2D eigenvalue weighted by molar-refractivity contribution is 6.28. The zero-order valence-electron chi connectivity index (χ0n) is 12.0. The Hall–Kier alpha value is -1.59. The Balaban J connectivity index is 2.28. The van der Waals surface area contributed by atoms with Crippen molar-refractivity contribution in [2.24, 2.45) is 5.92 Å². The van der Waals surface area contributed by atoms with E-state index in [0.29, 0.717) is 5.82 Å². The number of aryl methyl sites for hydroxylation is 1. The molecular weight excluding hydrogens is 278 g/mol. The van der Waals surface area contributed by atoms with Crippen LogP contribution in [-0.2, 0) is 9.47 Å². The number of halogens is 1. The van der Waals surface area contributed by atoms with Gasteiger partial charge in [0.05, 0.1) is 13.2 Å². The first-order chi connectivity index (χ1) is 9.55. The number of aromatic nitrogens is 2. The molecule has 2 atom stereocenters. The van der Waals surface area contributed by atoms with E-state index >= 15 is 0 Å². The fraction of sp³-hybridized carbons (Fsp3) is 0.429. The number of rotatable bonds is 4. The maximum atomic E-state index is 5.82. The van der Waals surface area contributed by atoms with Crippen LogP contribution < -0.4 is 5.32 Å². The SMILES string of the molecule is COC1=CC(Nc2nc(Cl)ncc2C)=CC(OC)C1C. The number of ether oxygens (including phenoxy) is 2. The van der Waals surface area contributed by atoms with Gasteiger partial charge in [0.15, 0.2) is 0 Å². The third kappa shape index (κ3) is 3.11. The maximum absolute atomic E-state index is 5.82. The highest BCUT2D eigenvalue weighted by Crippen LogP contribution is 2.27. The smallest absolute Gasteiger partial charge is 0.224 e. The van der Waals surface area contributed by atoms with Crippen molar-refractivity contribution in [2.75, 3.05) is 19.5 Å². The van der Waals surface area contributed by atoms with E-state index < -0.39 is 0 Å². The molecule has 1 N–H and O–H groups in total. The van der Waals surface area contributed by atoms with Gasteiger partial charge in [0.2, 0.25) is 5.28 Å². The van der Waals surface area contributed by atoms with Crippen molar-refractivity contribution in [2.45, 2.75) is 20.0 Å². The molecule has 0 saturated heterocycles. The van der Waals surface area contributed by atoms with Crippen molar-refractivity contribution in [1.82, 2.24) is 9.97 Å². The highest BCUT2D eigenvalue weighted by atomic mass is 35.5. The van der Waals surface area contributed by atoms with Crippen molar-refractivity contribution in [1.29, 1.82) is 0 Å². The predicted octanol–water partition coefficient (Wildman–Crippen LogP) is 2.93. The summed E-state index contributed by atoms with van der Waals surface area (Å²) in [5.41, 5.74) is 1.78. The van der Waals surface area contributed by atoms with Crippen molar-refractivity contribution >= 4 is 17.4 Å². The van der Waals surface area contributed by atoms with Crippen LogP contribution in [0.3, 0.4) is 0 Å². The third-order valence-electron chi connectivity index (χ3n) is 3.30. The molecule has 1 aromatic heterocycles. The molecule has 0 amide bonds. The number of anilines is 1. The molecule has 108 valence electrons. The highest BCUT2D eigenvalue weighted by Gasteiger charge is 2.24. The first-order valence-corrected chi connectivity index (χ1v) is 6.69. The molecule has 0 aromatic carbocycles. The Morgan fingerprint density at radius 2 is 2.10 bits per heavy atom. The summed E-state index contributed by atoms with van der Waals surface area (Å²) in [6.07, 6.45) is 5.58. The minimum atomic E-state index is -0.0462. The van der Waals surface area contributed by atoms with Crippen LogP contribution in [0.25, 0.3) is 0 Å². The predicted molar refractivity (Wildman–Crippen MR) is 78.5 cm³/mol. The molecule has 1 aliphatic carbocycles. The summed E-state index contributed by atoms with van der Waals surface area (Å²) < 4.78 is 10.9. The third-order valence-corrected chi connectivity index (χ3v) is 3.48. The molecule has 2 rings (SSSR count). The lowest BCUT2D eigenvalue weighted by Crippen LogP contribution is -2.25. The summed E-state index contributed by atoms with van der Waals surface area (Å²) >= 11 is 5.82. The van der Waals surface area contributed by atoms with E-state index in [9.17, 15) is 0 Å². The largest absolute Gasteiger partial charge is 0.501 e. The lowest BCUT2D eigenvalue weighted by atomic mass is 9.95. The molecule has 2 unspecified atom stereocenters. The molecular formula is C14H18ClN3O2. The van der Waals surface area contributed by atoms with Gasteiger partial charge in [-0.15, -0.1) is 0 Å². The van der Waals surface area contributed by atoms with Gasteiger partial charge < -0.3 is 14.8 Å². The van der Waals surface area contributed by atoms with Crippen LogP contribution >= 0.6 is 11.6 Å². The van der Waals surface area contributed by atoms with Crippen LogP contribution in [0.1, 0.15) is 12.5 Å². The second kappa shape index (κ2) is 6.24. The zero-order chi connectivity index (χ0) is 14.7. The minimum Gasteiger partial charge on any atom is -0.501 e. The van der Waals surface area contributed by atoms with E-state index in [0.717, 1.165) is 17.0 Å². The van der Waals surface area contributed by atoms with Gasteiger partial charge >= 0.3 is 0 Å². The Kier molecular flexibility index (Phi) is 4.62. The maximum Gasteiger partial charge on any atom is 0.224 e. The second-order valence-electron chi connectivity index (χ2n) is 4.66. The summed E-state index contributed by atoms with van der Waals surface area (Å²) in [7, 11) is 3.34. The summed E-state index contributed by atoms with van der Waals surface area (Å²) in [4.78, 5) is 8.12. The van der Waals surface area contributed by atoms with Crippen molar-refractivity contribution in [3.8, 4) is 0 Å². The van der Waals surface area contributed by atoms with Crippen LogP contribution in [0.5, 0.6) is 0 Å². The molecule has 0 aliphatic heterocycles. The van der Waals surface area contributed by atoms with E-state index in [4.69, 9.17) is 21.1 Å². The molecule has 0 fully saturated rings. The molecule has 6 heteroatoms. The molecule has 20 heavy (non-hydrogen) atoms. The van der Waals surface area contributed by atoms with Crippen LogP contribution in [0.15, 0.2) is 29.8 Å². The van der Waals surface area contributed by atoms with Gasteiger partial charge in [0.25, 0.3) is 0 Å². The quantitative estimate of drug-likeness (QED) is 0.866. The monoisotopic (exact) mass is 295 g/mol. The summed E-state index contributed by atoms with van der Waals surface area (Å²) in [5.74, 6) is 1.71. The number of allylic oxidation sites excluding steroid dienone is 1. The van der Waals surface area contributed by atoms with Crippen LogP contribution in [-0.4, -0.2) is 30.3 Å². The fourth-order valence-electron chi connectivity index (χ4n) is 2.09. The summed E-state index contributed by atoms with van der Waals surface area (Å²) in [5, 5.41) is 3.44. The van der Waals surface area contributed by atoms with Gasteiger partial charge in [-0.1, -0.05) is 6.92 Å². The van der Waals surface area contributed by atoms with Gasteiger partial charge in [-0.2, -0.15) is 0 Å². The second-order valence-corrected chi connectivity index (χ2v) is 5.00.